The first-order chi connectivity index (χ1) is 16.4. The van der Waals surface area contributed by atoms with E-state index in [2.05, 4.69) is 6.92 Å². The number of esters is 1. The number of rotatable bonds is 13. The molecule has 0 aliphatic carbocycles. The number of benzene rings is 2. The summed E-state index contributed by atoms with van der Waals surface area (Å²) in [6.45, 7) is 4.23. The average Bonchev–Trinajstić information content (AvgIpc) is 3.14. The van der Waals surface area contributed by atoms with E-state index < -0.39 is 6.10 Å². The molecule has 2 aromatic rings. The topological polar surface area (TPSA) is 78.9 Å². The Kier molecular flexibility index (Phi) is 10.2. The average molecular weight is 485 g/mol. The number of carbonyl (C=O) groups excluding carboxylic acids is 3. The molecular formula is C27H32O6S. The molecule has 1 saturated heterocycles. The first-order valence-electron chi connectivity index (χ1n) is 11.7. The maximum absolute atomic E-state index is 11.9. The zero-order valence-corrected chi connectivity index (χ0v) is 20.6. The number of Topliss-reactive ketones (excluding diaryl/α,β-unsaturated/α-hetero) is 1. The molecule has 2 atom stereocenters. The van der Waals surface area contributed by atoms with Gasteiger partial charge >= 0.3 is 5.97 Å². The summed E-state index contributed by atoms with van der Waals surface area (Å²) >= 11 is 1.13. The highest BCUT2D eigenvalue weighted by atomic mass is 32.2. The zero-order chi connectivity index (χ0) is 24.3. The van der Waals surface area contributed by atoms with Crippen molar-refractivity contribution >= 4 is 28.6 Å². The molecule has 6 nitrogen and oxygen atoms in total. The number of unbranched alkanes of at least 4 members (excludes halogenated alkanes) is 2. The van der Waals surface area contributed by atoms with Gasteiger partial charge in [-0.2, -0.15) is 0 Å². The molecule has 34 heavy (non-hydrogen) atoms. The van der Waals surface area contributed by atoms with Crippen LogP contribution in [-0.4, -0.2) is 35.5 Å². The lowest BCUT2D eigenvalue weighted by Gasteiger charge is -2.19. The van der Waals surface area contributed by atoms with E-state index in [0.29, 0.717) is 18.6 Å². The molecule has 0 bridgehead atoms. The summed E-state index contributed by atoms with van der Waals surface area (Å²) in [4.78, 5) is 35.2. The number of hydrogen-bond acceptors (Lipinski definition) is 7. The van der Waals surface area contributed by atoms with Crippen LogP contribution in [-0.2, 0) is 30.3 Å². The van der Waals surface area contributed by atoms with Gasteiger partial charge in [-0.25, -0.2) is 0 Å². The van der Waals surface area contributed by atoms with Crippen molar-refractivity contribution in [2.24, 2.45) is 0 Å². The highest BCUT2D eigenvalue weighted by Gasteiger charge is 2.31. The second kappa shape index (κ2) is 13.3. The number of carbonyl (C=O) groups is 3. The quantitative estimate of drug-likeness (QED) is 0.164. The molecule has 0 aromatic heterocycles. The summed E-state index contributed by atoms with van der Waals surface area (Å²) in [6, 6.07) is 15.5. The number of ketones is 1. The molecule has 182 valence electrons. The molecule has 2 unspecified atom stereocenters. The fourth-order valence-electron chi connectivity index (χ4n) is 3.58. The molecular weight excluding hydrogens is 452 g/mol. The third kappa shape index (κ3) is 8.29. The van der Waals surface area contributed by atoms with Gasteiger partial charge in [0.25, 0.3) is 0 Å². The highest BCUT2D eigenvalue weighted by Crippen LogP contribution is 2.28. The first-order valence-corrected chi connectivity index (χ1v) is 12.6. The largest absolute Gasteiger partial charge is 0.491 e. The van der Waals surface area contributed by atoms with Crippen molar-refractivity contribution in [3.63, 3.8) is 0 Å². The van der Waals surface area contributed by atoms with Crippen LogP contribution in [0.25, 0.3) is 0 Å². The number of hydrogen-bond donors (Lipinski definition) is 0. The minimum absolute atomic E-state index is 0.000482. The molecule has 0 radical (unpaired) electrons. The maximum Gasteiger partial charge on any atom is 0.307 e. The summed E-state index contributed by atoms with van der Waals surface area (Å²) < 4.78 is 17.1. The molecule has 1 aliphatic rings. The lowest BCUT2D eigenvalue weighted by atomic mass is 10.1. The van der Waals surface area contributed by atoms with Gasteiger partial charge in [-0.15, -0.1) is 0 Å². The Bertz CT molecular complexity index is 954. The summed E-state index contributed by atoms with van der Waals surface area (Å²) in [5.74, 6) is 0.412. The zero-order valence-electron chi connectivity index (χ0n) is 19.8. The van der Waals surface area contributed by atoms with E-state index in [0.717, 1.165) is 47.7 Å². The van der Waals surface area contributed by atoms with Crippen LogP contribution < -0.4 is 4.74 Å². The van der Waals surface area contributed by atoms with Crippen LogP contribution in [0.4, 0.5) is 0 Å². The Balaban J connectivity index is 1.53. The van der Waals surface area contributed by atoms with Gasteiger partial charge in [0.15, 0.2) is 17.7 Å². The Morgan fingerprint density at radius 3 is 2.44 bits per heavy atom. The molecule has 0 N–H and O–H groups in total. The molecule has 1 aliphatic heterocycles. The molecule has 3 rings (SSSR count). The van der Waals surface area contributed by atoms with Crippen molar-refractivity contribution in [3.05, 3.63) is 65.2 Å². The lowest BCUT2D eigenvalue weighted by Crippen LogP contribution is -2.17. The fourth-order valence-corrected chi connectivity index (χ4v) is 4.61. The van der Waals surface area contributed by atoms with Crippen LogP contribution in [0.1, 0.15) is 61.8 Å². The van der Waals surface area contributed by atoms with E-state index in [1.807, 2.05) is 55.5 Å². The van der Waals surface area contributed by atoms with Gasteiger partial charge in [0.2, 0.25) is 0 Å². The van der Waals surface area contributed by atoms with Gasteiger partial charge in [0.1, 0.15) is 18.5 Å². The standard InChI is InChI=1S/C27H32O6S/c1-3-4-5-6-26(29)33-18-32-24(21-11-7-19(2)8-12-21)17-31-22-13-9-20(10-14-22)15-25-23(28)16-27(30)34-25/h7-14,24-25H,3-6,15-18H2,1-2H3. The Hall–Kier alpha value is -2.64. The van der Waals surface area contributed by atoms with Crippen LogP contribution in [0.15, 0.2) is 48.5 Å². The van der Waals surface area contributed by atoms with Crippen molar-refractivity contribution in [1.82, 2.24) is 0 Å². The molecule has 0 saturated carbocycles. The van der Waals surface area contributed by atoms with Crippen molar-refractivity contribution in [1.29, 1.82) is 0 Å². The van der Waals surface area contributed by atoms with Gasteiger partial charge in [-0.05, 0) is 43.0 Å². The van der Waals surface area contributed by atoms with Crippen LogP contribution >= 0.6 is 11.8 Å². The highest BCUT2D eigenvalue weighted by molar-refractivity contribution is 8.15. The van der Waals surface area contributed by atoms with Crippen LogP contribution in [0.2, 0.25) is 0 Å². The second-order valence-electron chi connectivity index (χ2n) is 8.44. The van der Waals surface area contributed by atoms with Crippen LogP contribution in [0.5, 0.6) is 5.75 Å². The lowest BCUT2D eigenvalue weighted by molar-refractivity contribution is -0.163. The number of thioether (sulfide) groups is 1. The van der Waals surface area contributed by atoms with Gasteiger partial charge in [0.05, 0.1) is 11.7 Å². The van der Waals surface area contributed by atoms with Gasteiger partial charge < -0.3 is 14.2 Å². The van der Waals surface area contributed by atoms with E-state index >= 15 is 0 Å². The summed E-state index contributed by atoms with van der Waals surface area (Å²) in [5.41, 5.74) is 3.06. The van der Waals surface area contributed by atoms with Gasteiger partial charge in [0, 0.05) is 6.42 Å². The minimum Gasteiger partial charge on any atom is -0.491 e. The number of ether oxygens (including phenoxy) is 3. The van der Waals surface area contributed by atoms with Crippen LogP contribution in [0.3, 0.4) is 0 Å². The molecule has 2 aromatic carbocycles. The van der Waals surface area contributed by atoms with Crippen molar-refractivity contribution in [2.45, 2.75) is 63.7 Å². The summed E-state index contributed by atoms with van der Waals surface area (Å²) in [6.07, 6.45) is 3.44. The van der Waals surface area contributed by atoms with Crippen molar-refractivity contribution < 1.29 is 28.6 Å². The van der Waals surface area contributed by atoms with Crippen molar-refractivity contribution in [2.75, 3.05) is 13.4 Å². The van der Waals surface area contributed by atoms with Crippen LogP contribution in [0, 0.1) is 6.92 Å². The van der Waals surface area contributed by atoms with E-state index in [1.165, 1.54) is 0 Å². The van der Waals surface area contributed by atoms with Gasteiger partial charge in [-0.3, -0.25) is 14.4 Å². The molecule has 1 heterocycles. The predicted molar refractivity (Wildman–Crippen MR) is 132 cm³/mol. The molecule has 0 amide bonds. The minimum atomic E-state index is -0.401. The monoisotopic (exact) mass is 484 g/mol. The Morgan fingerprint density at radius 1 is 1.06 bits per heavy atom. The molecule has 1 fully saturated rings. The van der Waals surface area contributed by atoms with Gasteiger partial charge in [-0.1, -0.05) is 73.5 Å². The van der Waals surface area contributed by atoms with E-state index in [-0.39, 0.29) is 41.9 Å². The fraction of sp³-hybridized carbons (Fsp3) is 0.444. The van der Waals surface area contributed by atoms with E-state index in [4.69, 9.17) is 14.2 Å². The first kappa shape index (κ1) is 26.0. The third-order valence-corrected chi connectivity index (χ3v) is 6.74. The number of aryl methyl sites for hydroxylation is 1. The Labute approximate surface area is 205 Å². The Morgan fingerprint density at radius 2 is 1.79 bits per heavy atom. The van der Waals surface area contributed by atoms with E-state index in [1.54, 1.807) is 0 Å². The summed E-state index contributed by atoms with van der Waals surface area (Å²) in [7, 11) is 0. The normalized spacial score (nSPS) is 16.5. The molecule has 0 spiro atoms. The predicted octanol–water partition coefficient (Wildman–Crippen LogP) is 5.36. The summed E-state index contributed by atoms with van der Waals surface area (Å²) in [5, 5.41) is -0.341. The second-order valence-corrected chi connectivity index (χ2v) is 9.70. The SMILES string of the molecule is CCCCCC(=O)OCOC(COc1ccc(CC2SC(=O)CC2=O)cc1)c1ccc(C)cc1. The smallest absolute Gasteiger partial charge is 0.307 e. The van der Waals surface area contributed by atoms with Crippen molar-refractivity contribution in [3.8, 4) is 5.75 Å². The molecule has 7 heteroatoms. The van der Waals surface area contributed by atoms with E-state index in [9.17, 15) is 14.4 Å². The third-order valence-electron chi connectivity index (χ3n) is 5.62. The maximum atomic E-state index is 11.9.